The van der Waals surface area contributed by atoms with Gasteiger partial charge in [0.2, 0.25) is 11.8 Å². The van der Waals surface area contributed by atoms with Crippen LogP contribution in [0.3, 0.4) is 0 Å². The van der Waals surface area contributed by atoms with Crippen molar-refractivity contribution in [2.24, 2.45) is 0 Å². The summed E-state index contributed by atoms with van der Waals surface area (Å²) in [6, 6.07) is 5.44. The van der Waals surface area contributed by atoms with Gasteiger partial charge in [-0.25, -0.2) is 15.0 Å². The maximum absolute atomic E-state index is 12.5. The molecule has 1 aliphatic heterocycles. The van der Waals surface area contributed by atoms with Crippen LogP contribution in [0.15, 0.2) is 24.4 Å². The molecule has 1 N–H and O–H groups in total. The van der Waals surface area contributed by atoms with E-state index in [4.69, 9.17) is 4.74 Å². The summed E-state index contributed by atoms with van der Waals surface area (Å²) in [6.07, 6.45) is 8.79. The van der Waals surface area contributed by atoms with Gasteiger partial charge in [0.05, 0.1) is 17.8 Å². The summed E-state index contributed by atoms with van der Waals surface area (Å²) >= 11 is 0. The van der Waals surface area contributed by atoms with Crippen LogP contribution in [-0.4, -0.2) is 40.1 Å². The van der Waals surface area contributed by atoms with Crippen molar-refractivity contribution in [1.29, 1.82) is 0 Å². The molecule has 2 aromatic heterocycles. The van der Waals surface area contributed by atoms with Crippen LogP contribution < -0.4 is 15.0 Å². The van der Waals surface area contributed by atoms with Gasteiger partial charge in [0.25, 0.3) is 5.91 Å². The second-order valence-electron chi connectivity index (χ2n) is 7.59. The minimum Gasteiger partial charge on any atom is -0.474 e. The highest BCUT2D eigenvalue weighted by molar-refractivity contribution is 5.93. The van der Waals surface area contributed by atoms with Gasteiger partial charge in [0, 0.05) is 31.0 Å². The number of amides is 1. The number of aryl methyl sites for hydroxylation is 1. The maximum atomic E-state index is 12.5. The van der Waals surface area contributed by atoms with E-state index >= 15 is 0 Å². The quantitative estimate of drug-likeness (QED) is 0.828. The number of pyridine rings is 1. The largest absolute Gasteiger partial charge is 0.474 e. The first-order valence-corrected chi connectivity index (χ1v) is 10.2. The molecule has 0 unspecified atom stereocenters. The number of anilines is 1. The van der Waals surface area contributed by atoms with Crippen molar-refractivity contribution in [3.63, 3.8) is 0 Å². The molecule has 0 bridgehead atoms. The molecule has 2 aliphatic rings. The molecule has 2 fully saturated rings. The van der Waals surface area contributed by atoms with Gasteiger partial charge in [-0.15, -0.1) is 0 Å². The van der Waals surface area contributed by atoms with Crippen LogP contribution in [0.4, 0.5) is 5.95 Å². The summed E-state index contributed by atoms with van der Waals surface area (Å²) in [5.74, 6) is 1.18. The zero-order valence-electron chi connectivity index (χ0n) is 16.4. The Labute approximate surface area is 165 Å². The molecule has 0 atom stereocenters. The lowest BCUT2D eigenvalue weighted by atomic mass is 10.2. The molecule has 148 valence electrons. The molecule has 7 nitrogen and oxygen atoms in total. The predicted octanol–water partition coefficient (Wildman–Crippen LogP) is 3.03. The van der Waals surface area contributed by atoms with Crippen molar-refractivity contribution in [2.45, 2.75) is 58.1 Å². The standard InChI is InChI=1S/C21H27N5O2/c1-15-12-17(25-21(24-15)26-10-4-5-11-26)14-23-20(27)16-8-9-19(22-13-16)28-18-6-2-3-7-18/h8-9,12-13,18H,2-7,10-11,14H2,1H3,(H,23,27). The third kappa shape index (κ3) is 4.58. The van der Waals surface area contributed by atoms with Gasteiger partial charge in [-0.1, -0.05) is 0 Å². The van der Waals surface area contributed by atoms with Crippen molar-refractivity contribution >= 4 is 11.9 Å². The van der Waals surface area contributed by atoms with E-state index in [9.17, 15) is 4.79 Å². The smallest absolute Gasteiger partial charge is 0.253 e. The molecule has 3 heterocycles. The first kappa shape index (κ1) is 18.7. The summed E-state index contributed by atoms with van der Waals surface area (Å²) in [7, 11) is 0. The highest BCUT2D eigenvalue weighted by Crippen LogP contribution is 2.23. The second-order valence-corrected chi connectivity index (χ2v) is 7.59. The highest BCUT2D eigenvalue weighted by Gasteiger charge is 2.18. The number of carbonyl (C=O) groups is 1. The third-order valence-electron chi connectivity index (χ3n) is 5.30. The topological polar surface area (TPSA) is 80.2 Å². The molecule has 7 heteroatoms. The molecular formula is C21H27N5O2. The van der Waals surface area contributed by atoms with Crippen LogP contribution in [0.2, 0.25) is 0 Å². The Morgan fingerprint density at radius 1 is 1.18 bits per heavy atom. The predicted molar refractivity (Wildman–Crippen MR) is 107 cm³/mol. The monoisotopic (exact) mass is 381 g/mol. The molecule has 2 aromatic rings. The van der Waals surface area contributed by atoms with Crippen molar-refractivity contribution in [1.82, 2.24) is 20.3 Å². The Morgan fingerprint density at radius 2 is 1.96 bits per heavy atom. The van der Waals surface area contributed by atoms with Crippen LogP contribution in [0.25, 0.3) is 0 Å². The van der Waals surface area contributed by atoms with E-state index < -0.39 is 0 Å². The van der Waals surface area contributed by atoms with E-state index in [1.54, 1.807) is 18.3 Å². The maximum Gasteiger partial charge on any atom is 0.253 e. The van der Waals surface area contributed by atoms with E-state index in [0.717, 1.165) is 43.3 Å². The Morgan fingerprint density at radius 3 is 2.68 bits per heavy atom. The lowest BCUT2D eigenvalue weighted by Crippen LogP contribution is -2.25. The van der Waals surface area contributed by atoms with E-state index in [1.165, 1.54) is 25.7 Å². The lowest BCUT2D eigenvalue weighted by molar-refractivity contribution is 0.0950. The molecule has 28 heavy (non-hydrogen) atoms. The summed E-state index contributed by atoms with van der Waals surface area (Å²) in [6.45, 7) is 4.31. The number of nitrogens with one attached hydrogen (secondary N) is 1. The number of hydrogen-bond acceptors (Lipinski definition) is 6. The van der Waals surface area contributed by atoms with Crippen molar-refractivity contribution in [3.8, 4) is 5.88 Å². The Hall–Kier alpha value is -2.70. The van der Waals surface area contributed by atoms with Gasteiger partial charge in [0.15, 0.2) is 0 Å². The molecule has 4 rings (SSSR count). The molecular weight excluding hydrogens is 354 g/mol. The summed E-state index contributed by atoms with van der Waals surface area (Å²) in [5, 5.41) is 2.92. The fourth-order valence-corrected chi connectivity index (χ4v) is 3.80. The first-order valence-electron chi connectivity index (χ1n) is 10.2. The van der Waals surface area contributed by atoms with Gasteiger partial charge < -0.3 is 15.0 Å². The molecule has 1 saturated carbocycles. The van der Waals surface area contributed by atoms with Crippen LogP contribution in [0.5, 0.6) is 5.88 Å². The number of ether oxygens (including phenoxy) is 1. The fraction of sp³-hybridized carbons (Fsp3) is 0.524. The van der Waals surface area contributed by atoms with Gasteiger partial charge in [0.1, 0.15) is 6.10 Å². The van der Waals surface area contributed by atoms with Crippen molar-refractivity contribution in [2.75, 3.05) is 18.0 Å². The number of carbonyl (C=O) groups excluding carboxylic acids is 1. The van der Waals surface area contributed by atoms with Crippen LogP contribution >= 0.6 is 0 Å². The van der Waals surface area contributed by atoms with Gasteiger partial charge in [-0.05, 0) is 57.6 Å². The first-order chi connectivity index (χ1) is 13.7. The zero-order valence-corrected chi connectivity index (χ0v) is 16.4. The van der Waals surface area contributed by atoms with Crippen LogP contribution in [-0.2, 0) is 6.54 Å². The van der Waals surface area contributed by atoms with Gasteiger partial charge in [-0.2, -0.15) is 0 Å². The summed E-state index contributed by atoms with van der Waals surface area (Å²) in [5.41, 5.74) is 2.25. The molecule has 1 amide bonds. The molecule has 0 radical (unpaired) electrons. The van der Waals surface area contributed by atoms with Crippen molar-refractivity contribution < 1.29 is 9.53 Å². The van der Waals surface area contributed by atoms with Crippen molar-refractivity contribution in [3.05, 3.63) is 41.3 Å². The molecule has 1 saturated heterocycles. The normalized spacial score (nSPS) is 17.1. The Bertz CT molecular complexity index is 812. The molecule has 0 spiro atoms. The highest BCUT2D eigenvalue weighted by atomic mass is 16.5. The number of aromatic nitrogens is 3. The average molecular weight is 381 g/mol. The Balaban J connectivity index is 1.34. The van der Waals surface area contributed by atoms with E-state index in [1.807, 2.05) is 13.0 Å². The third-order valence-corrected chi connectivity index (χ3v) is 5.30. The Kier molecular flexibility index (Phi) is 5.69. The number of hydrogen-bond donors (Lipinski definition) is 1. The molecule has 0 aromatic carbocycles. The van der Waals surface area contributed by atoms with E-state index in [2.05, 4.69) is 25.2 Å². The fourth-order valence-electron chi connectivity index (χ4n) is 3.80. The minimum absolute atomic E-state index is 0.168. The second kappa shape index (κ2) is 8.54. The average Bonchev–Trinajstić information content (AvgIpc) is 3.40. The van der Waals surface area contributed by atoms with Gasteiger partial charge >= 0.3 is 0 Å². The van der Waals surface area contributed by atoms with Gasteiger partial charge in [-0.3, -0.25) is 4.79 Å². The number of nitrogens with zero attached hydrogens (tertiary/aromatic N) is 4. The summed E-state index contributed by atoms with van der Waals surface area (Å²) < 4.78 is 5.85. The minimum atomic E-state index is -0.168. The molecule has 1 aliphatic carbocycles. The van der Waals surface area contributed by atoms with Crippen LogP contribution in [0.1, 0.15) is 60.3 Å². The van der Waals surface area contributed by atoms with Crippen LogP contribution in [0, 0.1) is 6.92 Å². The van der Waals surface area contributed by atoms with E-state index in [0.29, 0.717) is 18.0 Å². The SMILES string of the molecule is Cc1cc(CNC(=O)c2ccc(OC3CCCC3)nc2)nc(N2CCCC2)n1. The number of rotatable bonds is 6. The lowest BCUT2D eigenvalue weighted by Gasteiger charge is -2.16. The van der Waals surface area contributed by atoms with E-state index in [-0.39, 0.29) is 12.0 Å². The summed E-state index contributed by atoms with van der Waals surface area (Å²) in [4.78, 5) is 28.1. The zero-order chi connectivity index (χ0) is 19.3.